The highest BCUT2D eigenvalue weighted by Crippen LogP contribution is 2.23. The van der Waals surface area contributed by atoms with Crippen LogP contribution in [0.2, 0.25) is 0 Å². The summed E-state index contributed by atoms with van der Waals surface area (Å²) in [5.74, 6) is -0.264. The number of aromatic nitrogens is 3. The minimum absolute atomic E-state index is 0.0365. The summed E-state index contributed by atoms with van der Waals surface area (Å²) in [6.45, 7) is 6.42. The molecule has 4 aromatic rings. The second kappa shape index (κ2) is 8.98. The van der Waals surface area contributed by atoms with Crippen LogP contribution in [0.25, 0.3) is 16.9 Å². The standard InChI is InChI=1S/C26H25N5O/c1-26(2,3)22-13-11-19(12-14-22)25(32)29-28-17-21-18-31(23-9-5-4-6-10-23)30-24(21)20-8-7-15-27-16-20/h4-18H,1-3H3,(H,29,32). The van der Waals surface area contributed by atoms with Crippen LogP contribution in [-0.4, -0.2) is 26.9 Å². The van der Waals surface area contributed by atoms with E-state index >= 15 is 0 Å². The summed E-state index contributed by atoms with van der Waals surface area (Å²) in [6.07, 6.45) is 6.96. The van der Waals surface area contributed by atoms with Crippen LogP contribution in [-0.2, 0) is 5.41 Å². The Balaban J connectivity index is 1.56. The van der Waals surface area contributed by atoms with Crippen molar-refractivity contribution in [2.75, 3.05) is 0 Å². The van der Waals surface area contributed by atoms with Crippen LogP contribution in [0.5, 0.6) is 0 Å². The fourth-order valence-electron chi connectivity index (χ4n) is 3.27. The van der Waals surface area contributed by atoms with Gasteiger partial charge in [-0.3, -0.25) is 9.78 Å². The lowest BCUT2D eigenvalue weighted by atomic mass is 9.87. The Morgan fingerprint density at radius 3 is 2.41 bits per heavy atom. The molecule has 0 bridgehead atoms. The van der Waals surface area contributed by atoms with Gasteiger partial charge in [0, 0.05) is 35.3 Å². The van der Waals surface area contributed by atoms with Crippen LogP contribution in [0, 0.1) is 0 Å². The third-order valence-electron chi connectivity index (χ3n) is 5.08. The number of rotatable bonds is 5. The maximum atomic E-state index is 12.5. The first kappa shape index (κ1) is 21.2. The Bertz CT molecular complexity index is 1220. The summed E-state index contributed by atoms with van der Waals surface area (Å²) in [7, 11) is 0. The van der Waals surface area contributed by atoms with E-state index in [2.05, 4.69) is 36.3 Å². The quantitative estimate of drug-likeness (QED) is 0.363. The van der Waals surface area contributed by atoms with E-state index in [1.807, 2.05) is 72.9 Å². The van der Waals surface area contributed by atoms with Crippen molar-refractivity contribution < 1.29 is 4.79 Å². The number of hydrazone groups is 1. The van der Waals surface area contributed by atoms with E-state index in [0.29, 0.717) is 5.56 Å². The highest BCUT2D eigenvalue weighted by molar-refractivity contribution is 5.95. The predicted octanol–water partition coefficient (Wildman–Crippen LogP) is 5.00. The monoisotopic (exact) mass is 423 g/mol. The van der Waals surface area contributed by atoms with Gasteiger partial charge in [-0.05, 0) is 47.4 Å². The van der Waals surface area contributed by atoms with E-state index in [1.165, 1.54) is 5.56 Å². The van der Waals surface area contributed by atoms with E-state index in [9.17, 15) is 4.79 Å². The zero-order valence-corrected chi connectivity index (χ0v) is 18.4. The molecule has 0 unspecified atom stereocenters. The van der Waals surface area contributed by atoms with E-state index in [0.717, 1.165) is 22.5 Å². The van der Waals surface area contributed by atoms with Gasteiger partial charge in [-0.2, -0.15) is 10.2 Å². The summed E-state index contributed by atoms with van der Waals surface area (Å²) >= 11 is 0. The van der Waals surface area contributed by atoms with Gasteiger partial charge in [0.15, 0.2) is 0 Å². The average molecular weight is 424 g/mol. The highest BCUT2D eigenvalue weighted by Gasteiger charge is 2.14. The highest BCUT2D eigenvalue weighted by atomic mass is 16.2. The number of nitrogens with zero attached hydrogens (tertiary/aromatic N) is 4. The van der Waals surface area contributed by atoms with E-state index in [-0.39, 0.29) is 11.3 Å². The topological polar surface area (TPSA) is 72.2 Å². The molecule has 0 saturated heterocycles. The molecule has 0 aliphatic heterocycles. The molecule has 0 aliphatic rings. The lowest BCUT2D eigenvalue weighted by Gasteiger charge is -2.18. The number of benzene rings is 2. The second-order valence-electron chi connectivity index (χ2n) is 8.48. The van der Waals surface area contributed by atoms with E-state index in [4.69, 9.17) is 5.10 Å². The first-order chi connectivity index (χ1) is 15.4. The van der Waals surface area contributed by atoms with Crippen molar-refractivity contribution in [1.29, 1.82) is 0 Å². The van der Waals surface area contributed by atoms with Crippen molar-refractivity contribution in [2.24, 2.45) is 5.10 Å². The smallest absolute Gasteiger partial charge is 0.267 e. The molecule has 160 valence electrons. The molecule has 0 atom stereocenters. The van der Waals surface area contributed by atoms with Crippen LogP contribution < -0.4 is 5.43 Å². The predicted molar refractivity (Wildman–Crippen MR) is 127 cm³/mol. The molecule has 1 amide bonds. The number of hydrogen-bond donors (Lipinski definition) is 1. The molecule has 2 aromatic carbocycles. The zero-order chi connectivity index (χ0) is 22.6. The van der Waals surface area contributed by atoms with Crippen molar-refractivity contribution in [2.45, 2.75) is 26.2 Å². The maximum Gasteiger partial charge on any atom is 0.271 e. The molecule has 6 heteroatoms. The lowest BCUT2D eigenvalue weighted by Crippen LogP contribution is -2.18. The van der Waals surface area contributed by atoms with Gasteiger partial charge in [0.25, 0.3) is 5.91 Å². The fourth-order valence-corrected chi connectivity index (χ4v) is 3.27. The van der Waals surface area contributed by atoms with Crippen molar-refractivity contribution in [3.63, 3.8) is 0 Å². The number of carbonyl (C=O) groups excluding carboxylic acids is 1. The zero-order valence-electron chi connectivity index (χ0n) is 18.4. The van der Waals surface area contributed by atoms with Crippen LogP contribution in [0.3, 0.4) is 0 Å². The molecule has 0 fully saturated rings. The third kappa shape index (κ3) is 4.81. The second-order valence-corrected chi connectivity index (χ2v) is 8.48. The summed E-state index contributed by atoms with van der Waals surface area (Å²) in [4.78, 5) is 16.7. The van der Waals surface area contributed by atoms with Gasteiger partial charge in [-0.25, -0.2) is 10.1 Å². The van der Waals surface area contributed by atoms with Crippen molar-refractivity contribution in [3.8, 4) is 16.9 Å². The minimum atomic E-state index is -0.264. The Morgan fingerprint density at radius 1 is 1.00 bits per heavy atom. The minimum Gasteiger partial charge on any atom is -0.267 e. The van der Waals surface area contributed by atoms with Crippen LogP contribution in [0.1, 0.15) is 42.3 Å². The van der Waals surface area contributed by atoms with Crippen molar-refractivity contribution in [3.05, 3.63) is 102 Å². The molecule has 4 rings (SSSR count). The summed E-state index contributed by atoms with van der Waals surface area (Å²) in [5.41, 5.74) is 7.68. The number of pyridine rings is 1. The molecule has 0 radical (unpaired) electrons. The fraction of sp³-hybridized carbons (Fsp3) is 0.154. The maximum absolute atomic E-state index is 12.5. The number of hydrogen-bond acceptors (Lipinski definition) is 4. The molecular formula is C26H25N5O. The number of amides is 1. The number of para-hydroxylation sites is 1. The van der Waals surface area contributed by atoms with Gasteiger partial charge < -0.3 is 0 Å². The summed E-state index contributed by atoms with van der Waals surface area (Å²) < 4.78 is 1.79. The number of nitrogens with one attached hydrogen (secondary N) is 1. The van der Waals surface area contributed by atoms with Gasteiger partial charge in [-0.15, -0.1) is 0 Å². The molecule has 2 heterocycles. The molecule has 32 heavy (non-hydrogen) atoms. The van der Waals surface area contributed by atoms with Crippen molar-refractivity contribution in [1.82, 2.24) is 20.2 Å². The van der Waals surface area contributed by atoms with Gasteiger partial charge in [0.1, 0.15) is 5.69 Å². The summed E-state index contributed by atoms with van der Waals surface area (Å²) in [5, 5.41) is 8.90. The van der Waals surface area contributed by atoms with E-state index < -0.39 is 0 Å². The normalized spacial score (nSPS) is 11.6. The molecule has 1 N–H and O–H groups in total. The van der Waals surface area contributed by atoms with Gasteiger partial charge in [0.2, 0.25) is 0 Å². The van der Waals surface area contributed by atoms with Gasteiger partial charge in [0.05, 0.1) is 11.9 Å². The van der Waals surface area contributed by atoms with Crippen LogP contribution in [0.15, 0.2) is 90.4 Å². The first-order valence-electron chi connectivity index (χ1n) is 10.4. The SMILES string of the molecule is CC(C)(C)c1ccc(C(=O)NN=Cc2cn(-c3ccccc3)nc2-c2cccnc2)cc1. The average Bonchev–Trinajstić information content (AvgIpc) is 3.24. The Kier molecular flexibility index (Phi) is 5.94. The third-order valence-corrected chi connectivity index (χ3v) is 5.08. The molecular weight excluding hydrogens is 398 g/mol. The lowest BCUT2D eigenvalue weighted by molar-refractivity contribution is 0.0955. The van der Waals surface area contributed by atoms with Crippen molar-refractivity contribution >= 4 is 12.1 Å². The Morgan fingerprint density at radius 2 is 1.75 bits per heavy atom. The Hall–Kier alpha value is -4.06. The number of carbonyl (C=O) groups is 1. The van der Waals surface area contributed by atoms with Gasteiger partial charge in [-0.1, -0.05) is 51.1 Å². The van der Waals surface area contributed by atoms with E-state index in [1.54, 1.807) is 23.3 Å². The molecule has 6 nitrogen and oxygen atoms in total. The van der Waals surface area contributed by atoms with Crippen LogP contribution >= 0.6 is 0 Å². The molecule has 0 saturated carbocycles. The molecule has 0 spiro atoms. The summed E-state index contributed by atoms with van der Waals surface area (Å²) in [6, 6.07) is 21.2. The van der Waals surface area contributed by atoms with Crippen LogP contribution in [0.4, 0.5) is 0 Å². The Labute approximate surface area is 187 Å². The largest absolute Gasteiger partial charge is 0.271 e. The van der Waals surface area contributed by atoms with Gasteiger partial charge >= 0.3 is 0 Å². The molecule has 2 aromatic heterocycles. The molecule has 0 aliphatic carbocycles. The first-order valence-corrected chi connectivity index (χ1v) is 10.4.